The molecule has 5 rings (SSSR count). The molecule has 0 saturated heterocycles. The first-order valence-electron chi connectivity index (χ1n) is 9.70. The number of rotatable bonds is 4. The van der Waals surface area contributed by atoms with Crippen LogP contribution in [0.25, 0.3) is 27.5 Å². The van der Waals surface area contributed by atoms with Gasteiger partial charge in [-0.1, -0.05) is 89.7 Å². The topological polar surface area (TPSA) is 46.4 Å². The molecule has 5 aromatic rings. The molecule has 3 aromatic carbocycles. The van der Waals surface area contributed by atoms with Crippen molar-refractivity contribution >= 4 is 27.2 Å². The van der Waals surface area contributed by atoms with E-state index in [1.165, 1.54) is 11.3 Å². The summed E-state index contributed by atoms with van der Waals surface area (Å²) in [6, 6.07) is 27.8. The Labute approximate surface area is 178 Å². The highest BCUT2D eigenvalue weighted by Gasteiger charge is 2.19. The predicted molar refractivity (Wildman–Crippen MR) is 123 cm³/mol. The van der Waals surface area contributed by atoms with Gasteiger partial charge in [-0.3, -0.25) is 9.20 Å². The molecule has 5 heteroatoms. The first-order chi connectivity index (χ1) is 14.7. The second-order valence-electron chi connectivity index (χ2n) is 7.11. The molecule has 0 bridgehead atoms. The van der Waals surface area contributed by atoms with E-state index in [-0.39, 0.29) is 5.91 Å². The Morgan fingerprint density at radius 3 is 2.17 bits per heavy atom. The first-order valence-corrected chi connectivity index (χ1v) is 10.5. The lowest BCUT2D eigenvalue weighted by atomic mass is 10.1. The summed E-state index contributed by atoms with van der Waals surface area (Å²) in [4.78, 5) is 18.5. The minimum absolute atomic E-state index is 0.125. The average Bonchev–Trinajstić information content (AvgIpc) is 3.33. The molecule has 1 N–H and O–H groups in total. The first kappa shape index (κ1) is 18.3. The van der Waals surface area contributed by atoms with Crippen molar-refractivity contribution < 1.29 is 4.79 Å². The maximum absolute atomic E-state index is 12.9. The van der Waals surface area contributed by atoms with Crippen molar-refractivity contribution in [2.45, 2.75) is 6.92 Å². The summed E-state index contributed by atoms with van der Waals surface area (Å²) >= 11 is 1.48. The second-order valence-corrected chi connectivity index (χ2v) is 8.09. The van der Waals surface area contributed by atoms with E-state index in [9.17, 15) is 4.79 Å². The van der Waals surface area contributed by atoms with Gasteiger partial charge in [0, 0.05) is 22.9 Å². The number of nitrogens with zero attached hydrogens (tertiary/aromatic N) is 2. The molecule has 30 heavy (non-hydrogen) atoms. The molecule has 2 heterocycles. The van der Waals surface area contributed by atoms with E-state index >= 15 is 0 Å². The van der Waals surface area contributed by atoms with Gasteiger partial charge < -0.3 is 5.32 Å². The Balaban J connectivity index is 1.60. The summed E-state index contributed by atoms with van der Waals surface area (Å²) in [6.07, 6.45) is 2.03. The Kier molecular flexibility index (Phi) is 4.65. The van der Waals surface area contributed by atoms with E-state index in [2.05, 4.69) is 21.9 Å². The number of anilines is 1. The summed E-state index contributed by atoms with van der Waals surface area (Å²) in [5.74, 6) is -0.125. The quantitative estimate of drug-likeness (QED) is 0.379. The third-order valence-corrected chi connectivity index (χ3v) is 5.95. The Hall–Kier alpha value is -3.70. The molecule has 0 aliphatic heterocycles. The van der Waals surface area contributed by atoms with Crippen LogP contribution in [-0.4, -0.2) is 15.3 Å². The number of aromatic nitrogens is 2. The highest BCUT2D eigenvalue weighted by atomic mass is 32.1. The van der Waals surface area contributed by atoms with Gasteiger partial charge in [-0.15, -0.1) is 0 Å². The standard InChI is InChI=1S/C25H19N3OS/c1-17-12-14-20(15-13-17)23(29)27-24-22(19-10-6-3-7-11-19)28-16-21(26-25(28)30-24)18-8-4-2-5-9-18/h2-16H,1H3,(H,27,29). The number of carbonyl (C=O) groups excluding carboxylic acids is 1. The second kappa shape index (κ2) is 7.61. The fourth-order valence-corrected chi connectivity index (χ4v) is 4.45. The molecule has 4 nitrogen and oxygen atoms in total. The summed E-state index contributed by atoms with van der Waals surface area (Å²) < 4.78 is 2.06. The maximum Gasteiger partial charge on any atom is 0.256 e. The zero-order chi connectivity index (χ0) is 20.5. The minimum atomic E-state index is -0.125. The normalized spacial score (nSPS) is 11.0. The SMILES string of the molecule is Cc1ccc(C(=O)Nc2sc3nc(-c4ccccc4)cn3c2-c2ccccc2)cc1. The summed E-state index contributed by atoms with van der Waals surface area (Å²) in [5.41, 5.74) is 5.70. The van der Waals surface area contributed by atoms with Crippen LogP contribution in [0.5, 0.6) is 0 Å². The van der Waals surface area contributed by atoms with Gasteiger partial charge in [-0.05, 0) is 19.1 Å². The van der Waals surface area contributed by atoms with Crippen LogP contribution in [0.4, 0.5) is 5.00 Å². The molecule has 0 aliphatic carbocycles. The smallest absolute Gasteiger partial charge is 0.256 e. The highest BCUT2D eigenvalue weighted by Crippen LogP contribution is 2.38. The molecule has 0 spiro atoms. The van der Waals surface area contributed by atoms with Crippen molar-refractivity contribution in [3.8, 4) is 22.5 Å². The van der Waals surface area contributed by atoms with Gasteiger partial charge in [-0.2, -0.15) is 0 Å². The van der Waals surface area contributed by atoms with E-state index in [0.29, 0.717) is 5.56 Å². The number of carbonyl (C=O) groups is 1. The van der Waals surface area contributed by atoms with Crippen molar-refractivity contribution in [2.24, 2.45) is 0 Å². The third kappa shape index (κ3) is 3.40. The molecule has 1 amide bonds. The number of hydrogen-bond acceptors (Lipinski definition) is 3. The number of hydrogen-bond donors (Lipinski definition) is 1. The Morgan fingerprint density at radius 1 is 0.867 bits per heavy atom. The molecule has 2 aromatic heterocycles. The molecular formula is C25H19N3OS. The predicted octanol–water partition coefficient (Wildman–Crippen LogP) is 6.29. The van der Waals surface area contributed by atoms with E-state index in [1.54, 1.807) is 0 Å². The van der Waals surface area contributed by atoms with Gasteiger partial charge in [0.2, 0.25) is 0 Å². The van der Waals surface area contributed by atoms with Crippen LogP contribution in [0.3, 0.4) is 0 Å². The van der Waals surface area contributed by atoms with Crippen LogP contribution in [-0.2, 0) is 0 Å². The Morgan fingerprint density at radius 2 is 1.50 bits per heavy atom. The number of thiazole rings is 1. The summed E-state index contributed by atoms with van der Waals surface area (Å²) in [5, 5.41) is 3.88. The fraction of sp³-hybridized carbons (Fsp3) is 0.0400. The number of benzene rings is 3. The maximum atomic E-state index is 12.9. The number of aryl methyl sites for hydroxylation is 1. The van der Waals surface area contributed by atoms with E-state index in [1.807, 2.05) is 85.9 Å². The molecule has 0 atom stereocenters. The average molecular weight is 410 g/mol. The monoisotopic (exact) mass is 409 g/mol. The van der Waals surface area contributed by atoms with Gasteiger partial charge in [-0.25, -0.2) is 4.98 Å². The van der Waals surface area contributed by atoms with E-state index in [0.717, 1.165) is 38.0 Å². The number of nitrogens with one attached hydrogen (secondary N) is 1. The van der Waals surface area contributed by atoms with Crippen LogP contribution in [0, 0.1) is 6.92 Å². The zero-order valence-corrected chi connectivity index (χ0v) is 17.2. The molecule has 0 saturated carbocycles. The van der Waals surface area contributed by atoms with Gasteiger partial charge in [0.25, 0.3) is 5.91 Å². The lowest BCUT2D eigenvalue weighted by Crippen LogP contribution is -2.11. The fourth-order valence-electron chi connectivity index (χ4n) is 3.42. The molecular weight excluding hydrogens is 390 g/mol. The van der Waals surface area contributed by atoms with Crippen molar-refractivity contribution in [1.29, 1.82) is 0 Å². The summed E-state index contributed by atoms with van der Waals surface area (Å²) in [6.45, 7) is 2.01. The van der Waals surface area contributed by atoms with Crippen molar-refractivity contribution in [2.75, 3.05) is 5.32 Å². The molecule has 0 unspecified atom stereocenters. The van der Waals surface area contributed by atoms with Crippen molar-refractivity contribution in [3.05, 3.63) is 102 Å². The zero-order valence-electron chi connectivity index (χ0n) is 16.4. The van der Waals surface area contributed by atoms with Crippen LogP contribution in [0.2, 0.25) is 0 Å². The van der Waals surface area contributed by atoms with Crippen molar-refractivity contribution in [1.82, 2.24) is 9.38 Å². The van der Waals surface area contributed by atoms with Crippen LogP contribution >= 0.6 is 11.3 Å². The minimum Gasteiger partial charge on any atom is -0.312 e. The molecule has 0 aliphatic rings. The third-order valence-electron chi connectivity index (χ3n) is 4.98. The number of imidazole rings is 1. The lowest BCUT2D eigenvalue weighted by molar-refractivity contribution is 0.102. The van der Waals surface area contributed by atoms with E-state index in [4.69, 9.17) is 4.98 Å². The van der Waals surface area contributed by atoms with Crippen molar-refractivity contribution in [3.63, 3.8) is 0 Å². The molecule has 0 radical (unpaired) electrons. The van der Waals surface area contributed by atoms with Gasteiger partial charge in [0.1, 0.15) is 5.00 Å². The van der Waals surface area contributed by atoms with Gasteiger partial charge in [0.15, 0.2) is 4.96 Å². The van der Waals surface area contributed by atoms with Gasteiger partial charge >= 0.3 is 0 Å². The van der Waals surface area contributed by atoms with Gasteiger partial charge in [0.05, 0.1) is 11.4 Å². The lowest BCUT2D eigenvalue weighted by Gasteiger charge is -2.07. The number of amides is 1. The Bertz CT molecular complexity index is 1320. The summed E-state index contributed by atoms with van der Waals surface area (Å²) in [7, 11) is 0. The van der Waals surface area contributed by atoms with Crippen LogP contribution < -0.4 is 5.32 Å². The highest BCUT2D eigenvalue weighted by molar-refractivity contribution is 7.21. The van der Waals surface area contributed by atoms with E-state index < -0.39 is 0 Å². The largest absolute Gasteiger partial charge is 0.312 e. The van der Waals surface area contributed by atoms with Crippen LogP contribution in [0.1, 0.15) is 15.9 Å². The molecule has 146 valence electrons. The van der Waals surface area contributed by atoms with Crippen LogP contribution in [0.15, 0.2) is 91.1 Å². The number of fused-ring (bicyclic) bond motifs is 1. The molecule has 0 fully saturated rings.